The smallest absolute Gasteiger partial charge is 0.0620 e. The second kappa shape index (κ2) is 12.3. The van der Waals surface area contributed by atoms with Gasteiger partial charge in [-0.05, 0) is 85.5 Å². The van der Waals surface area contributed by atoms with E-state index in [9.17, 15) is 0 Å². The predicted octanol–water partition coefficient (Wildman–Crippen LogP) is 12.4. The summed E-state index contributed by atoms with van der Waals surface area (Å²) in [5.74, 6) is 0. The Balaban J connectivity index is 1.60. The summed E-state index contributed by atoms with van der Waals surface area (Å²) in [5.41, 5.74) is 10.8. The van der Waals surface area contributed by atoms with Crippen LogP contribution in [-0.4, -0.2) is 0 Å². The molecule has 7 rings (SSSR count). The molecule has 0 fully saturated rings. The molecule has 0 saturated carbocycles. The monoisotopic (exact) mass is 582 g/mol. The summed E-state index contributed by atoms with van der Waals surface area (Å²) in [5, 5.41) is 4.85. The van der Waals surface area contributed by atoms with Crippen molar-refractivity contribution in [3.63, 3.8) is 0 Å². The summed E-state index contributed by atoms with van der Waals surface area (Å²) >= 11 is 0. The van der Waals surface area contributed by atoms with Gasteiger partial charge in [0.1, 0.15) is 0 Å². The molecule has 0 spiro atoms. The minimum atomic E-state index is 1.01. The molecule has 7 aromatic carbocycles. The Bertz CT molecular complexity index is 2060. The lowest BCUT2D eigenvalue weighted by atomic mass is 9.94. The summed E-state index contributed by atoms with van der Waals surface area (Å²) in [6, 6.07) is 55.5. The van der Waals surface area contributed by atoms with Crippen molar-refractivity contribution in [2.24, 2.45) is 0 Å². The number of fused-ring (bicyclic) bond motifs is 2. The molecule has 0 bridgehead atoms. The van der Waals surface area contributed by atoms with Crippen LogP contribution < -0.4 is 9.80 Å². The molecule has 45 heavy (non-hydrogen) atoms. The van der Waals surface area contributed by atoms with E-state index in [0.29, 0.717) is 0 Å². The van der Waals surface area contributed by atoms with E-state index in [4.69, 9.17) is 0 Å². The van der Waals surface area contributed by atoms with Gasteiger partial charge in [0, 0.05) is 44.3 Å². The zero-order valence-electron chi connectivity index (χ0n) is 26.2. The van der Waals surface area contributed by atoms with Gasteiger partial charge in [-0.3, -0.25) is 0 Å². The van der Waals surface area contributed by atoms with Crippen LogP contribution in [0.1, 0.15) is 30.5 Å². The normalized spacial score (nSPS) is 11.2. The molecule has 7 aromatic rings. The van der Waals surface area contributed by atoms with Crippen molar-refractivity contribution in [2.45, 2.75) is 33.6 Å². The highest BCUT2D eigenvalue weighted by molar-refractivity contribution is 6.23. The van der Waals surface area contributed by atoms with Crippen molar-refractivity contribution in [3.8, 4) is 0 Å². The lowest BCUT2D eigenvalue weighted by molar-refractivity contribution is 1.14. The molecule has 220 valence electrons. The summed E-state index contributed by atoms with van der Waals surface area (Å²) in [6.45, 7) is 6.61. The number of hydrogen-bond acceptors (Lipinski definition) is 2. The van der Waals surface area contributed by atoms with Crippen molar-refractivity contribution in [1.82, 2.24) is 0 Å². The highest BCUT2D eigenvalue weighted by Crippen LogP contribution is 2.51. The van der Waals surface area contributed by atoms with Crippen LogP contribution in [0.15, 0.2) is 152 Å². The molecule has 2 heteroatoms. The maximum absolute atomic E-state index is 2.44. The van der Waals surface area contributed by atoms with Gasteiger partial charge in [-0.2, -0.15) is 0 Å². The van der Waals surface area contributed by atoms with Gasteiger partial charge in [0.15, 0.2) is 0 Å². The molecule has 0 radical (unpaired) electrons. The highest BCUT2D eigenvalue weighted by atomic mass is 15.2. The summed E-state index contributed by atoms with van der Waals surface area (Å²) < 4.78 is 0. The van der Waals surface area contributed by atoms with Crippen LogP contribution in [0.2, 0.25) is 0 Å². The topological polar surface area (TPSA) is 6.48 Å². The summed E-state index contributed by atoms with van der Waals surface area (Å²) in [7, 11) is 0. The van der Waals surface area contributed by atoms with Gasteiger partial charge in [-0.1, -0.05) is 116 Å². The summed E-state index contributed by atoms with van der Waals surface area (Å²) in [6.07, 6.45) is 2.03. The van der Waals surface area contributed by atoms with E-state index in [-0.39, 0.29) is 0 Å². The van der Waals surface area contributed by atoms with Gasteiger partial charge < -0.3 is 9.80 Å². The fourth-order valence-electron chi connectivity index (χ4n) is 6.46. The third kappa shape index (κ3) is 5.34. The molecule has 0 N–H and O–H groups in total. The van der Waals surface area contributed by atoms with Gasteiger partial charge in [0.05, 0.1) is 11.4 Å². The SMILES string of the molecule is CCc1ccc(N(c2ccccc2)c2c3ccccc3c(N(c3ccccc3)c3ccc(CC)cc3)c3cc(C)ccc23)cc1. The van der Waals surface area contributed by atoms with Gasteiger partial charge >= 0.3 is 0 Å². The van der Waals surface area contributed by atoms with Crippen molar-refractivity contribution in [3.05, 3.63) is 168 Å². The second-order valence-electron chi connectivity index (χ2n) is 11.7. The minimum Gasteiger partial charge on any atom is -0.309 e. The van der Waals surface area contributed by atoms with Gasteiger partial charge in [-0.25, -0.2) is 0 Å². The first-order chi connectivity index (χ1) is 22.2. The fraction of sp³-hybridized carbons (Fsp3) is 0.116. The Labute approximate surface area is 266 Å². The Morgan fingerprint density at radius 1 is 0.378 bits per heavy atom. The molecule has 0 aliphatic carbocycles. The number of nitrogens with zero attached hydrogens (tertiary/aromatic N) is 2. The third-order valence-electron chi connectivity index (χ3n) is 8.80. The predicted molar refractivity (Wildman–Crippen MR) is 194 cm³/mol. The average molecular weight is 583 g/mol. The maximum atomic E-state index is 2.44. The first kappa shape index (κ1) is 28.4. The number of aryl methyl sites for hydroxylation is 3. The molecule has 0 aliphatic rings. The molecular weight excluding hydrogens is 544 g/mol. The average Bonchev–Trinajstić information content (AvgIpc) is 3.11. The second-order valence-corrected chi connectivity index (χ2v) is 11.7. The molecular formula is C43H38N2. The van der Waals surface area contributed by atoms with E-state index >= 15 is 0 Å². The van der Waals surface area contributed by atoms with Crippen molar-refractivity contribution in [1.29, 1.82) is 0 Å². The first-order valence-corrected chi connectivity index (χ1v) is 16.0. The zero-order chi connectivity index (χ0) is 30.8. The van der Waals surface area contributed by atoms with Crippen LogP contribution in [0, 0.1) is 6.92 Å². The van der Waals surface area contributed by atoms with Crippen LogP contribution >= 0.6 is 0 Å². The van der Waals surface area contributed by atoms with E-state index in [1.165, 1.54) is 49.6 Å². The van der Waals surface area contributed by atoms with Crippen LogP contribution in [0.25, 0.3) is 21.5 Å². The molecule has 0 unspecified atom stereocenters. The summed E-state index contributed by atoms with van der Waals surface area (Å²) in [4.78, 5) is 4.88. The van der Waals surface area contributed by atoms with Gasteiger partial charge in [-0.15, -0.1) is 0 Å². The van der Waals surface area contributed by atoms with E-state index < -0.39 is 0 Å². The highest BCUT2D eigenvalue weighted by Gasteiger charge is 2.25. The van der Waals surface area contributed by atoms with Crippen LogP contribution in [0.4, 0.5) is 34.1 Å². The molecule has 0 aliphatic heterocycles. The lowest BCUT2D eigenvalue weighted by Gasteiger charge is -2.33. The Morgan fingerprint density at radius 3 is 1.20 bits per heavy atom. The number of hydrogen-bond donors (Lipinski definition) is 0. The fourth-order valence-corrected chi connectivity index (χ4v) is 6.46. The number of para-hydroxylation sites is 2. The maximum Gasteiger partial charge on any atom is 0.0620 e. The van der Waals surface area contributed by atoms with Gasteiger partial charge in [0.25, 0.3) is 0 Å². The Hall–Kier alpha value is -5.34. The molecule has 2 nitrogen and oxygen atoms in total. The van der Waals surface area contributed by atoms with E-state index in [2.05, 4.69) is 182 Å². The number of rotatable bonds is 8. The molecule has 0 heterocycles. The van der Waals surface area contributed by atoms with Crippen molar-refractivity contribution in [2.75, 3.05) is 9.80 Å². The van der Waals surface area contributed by atoms with Crippen LogP contribution in [-0.2, 0) is 12.8 Å². The molecule has 0 saturated heterocycles. The Morgan fingerprint density at radius 2 is 0.756 bits per heavy atom. The quantitative estimate of drug-likeness (QED) is 0.130. The van der Waals surface area contributed by atoms with Crippen molar-refractivity contribution >= 4 is 55.7 Å². The largest absolute Gasteiger partial charge is 0.309 e. The first-order valence-electron chi connectivity index (χ1n) is 16.0. The molecule has 0 amide bonds. The van der Waals surface area contributed by atoms with Crippen LogP contribution in [0.3, 0.4) is 0 Å². The molecule has 0 aromatic heterocycles. The number of benzene rings is 7. The zero-order valence-corrected chi connectivity index (χ0v) is 26.2. The number of anilines is 6. The Kier molecular flexibility index (Phi) is 7.80. The third-order valence-corrected chi connectivity index (χ3v) is 8.80. The van der Waals surface area contributed by atoms with E-state index in [0.717, 1.165) is 35.6 Å². The van der Waals surface area contributed by atoms with E-state index in [1.54, 1.807) is 0 Å². The standard InChI is InChI=1S/C43H38N2/c1-4-32-21-25-36(26-22-32)44(34-14-8-6-9-15-34)42-38-18-12-13-19-39(38)43(41-30-31(3)20-29-40(41)42)45(35-16-10-7-11-17-35)37-27-23-33(5-2)24-28-37/h6-30H,4-5H2,1-3H3. The van der Waals surface area contributed by atoms with Crippen LogP contribution in [0.5, 0.6) is 0 Å². The molecule has 0 atom stereocenters. The van der Waals surface area contributed by atoms with Gasteiger partial charge in [0.2, 0.25) is 0 Å². The van der Waals surface area contributed by atoms with Crippen molar-refractivity contribution < 1.29 is 0 Å². The van der Waals surface area contributed by atoms with E-state index in [1.807, 2.05) is 0 Å². The minimum absolute atomic E-state index is 1.01. The lowest BCUT2D eigenvalue weighted by Crippen LogP contribution is -2.14.